The number of nitrogens with zero attached hydrogens (tertiary/aromatic N) is 2. The Bertz CT molecular complexity index is 834. The number of carbonyl (C=O) groups excluding carboxylic acids is 2. The number of aryl methyl sites for hydroxylation is 1. The third-order valence-corrected chi connectivity index (χ3v) is 4.44. The molecule has 0 unspecified atom stereocenters. The molecule has 0 amide bonds. The monoisotopic (exact) mass is 380 g/mol. The van der Waals surface area contributed by atoms with Gasteiger partial charge in [-0.3, -0.25) is 4.79 Å². The molecule has 0 atom stereocenters. The number of alkyl halides is 2. The maximum atomic E-state index is 12.6. The lowest BCUT2D eigenvalue weighted by atomic mass is 10.1. The van der Waals surface area contributed by atoms with E-state index in [1.54, 1.807) is 19.1 Å². The van der Waals surface area contributed by atoms with Crippen LogP contribution in [-0.2, 0) is 11.3 Å². The first-order valence-electron chi connectivity index (χ1n) is 7.73. The van der Waals surface area contributed by atoms with Crippen molar-refractivity contribution in [3.05, 3.63) is 59.6 Å². The Hall–Kier alpha value is -2.48. The highest BCUT2D eigenvalue weighted by Gasteiger charge is 2.21. The van der Waals surface area contributed by atoms with Crippen LogP contribution in [0, 0.1) is 13.8 Å². The standard InChI is InChI=1S/C18H18F2N2O3S/c1-4-8-22-11(2)9-14(12(22)3)15(23)10-25-17(24)13-6-5-7-21-16(13)26-18(19)20/h4-7,9,18H,1,8,10H2,2-3H3. The van der Waals surface area contributed by atoms with Gasteiger partial charge in [-0.25, -0.2) is 9.78 Å². The molecule has 138 valence electrons. The van der Waals surface area contributed by atoms with E-state index in [1.807, 2.05) is 11.5 Å². The SMILES string of the molecule is C=CCn1c(C)cc(C(=O)COC(=O)c2cccnc2SC(F)F)c1C. The van der Waals surface area contributed by atoms with Gasteiger partial charge in [0.15, 0.2) is 6.61 Å². The Balaban J connectivity index is 2.10. The minimum Gasteiger partial charge on any atom is -0.454 e. The average Bonchev–Trinajstić information content (AvgIpc) is 2.88. The molecule has 2 rings (SSSR count). The topological polar surface area (TPSA) is 61.2 Å². The van der Waals surface area contributed by atoms with Crippen LogP contribution in [-0.4, -0.2) is 33.7 Å². The number of ketones is 1. The van der Waals surface area contributed by atoms with Gasteiger partial charge in [0.2, 0.25) is 5.78 Å². The zero-order chi connectivity index (χ0) is 19.3. The fourth-order valence-electron chi connectivity index (χ4n) is 2.50. The lowest BCUT2D eigenvalue weighted by Gasteiger charge is -2.08. The van der Waals surface area contributed by atoms with Crippen LogP contribution in [0.25, 0.3) is 0 Å². The number of esters is 1. The number of hydrogen-bond acceptors (Lipinski definition) is 5. The summed E-state index contributed by atoms with van der Waals surface area (Å²) in [6, 6.07) is 4.49. The largest absolute Gasteiger partial charge is 0.454 e. The van der Waals surface area contributed by atoms with Crippen molar-refractivity contribution < 1.29 is 23.1 Å². The number of Topliss-reactive ketones (excluding diaryl/α,β-unsaturated/α-hetero) is 1. The molecule has 0 spiro atoms. The van der Waals surface area contributed by atoms with Crippen molar-refractivity contribution in [2.75, 3.05) is 6.61 Å². The number of halogens is 2. The molecule has 2 aromatic heterocycles. The number of thioether (sulfide) groups is 1. The van der Waals surface area contributed by atoms with Gasteiger partial charge < -0.3 is 9.30 Å². The van der Waals surface area contributed by atoms with Gasteiger partial charge in [0, 0.05) is 29.7 Å². The number of rotatable bonds is 8. The minimum atomic E-state index is -2.71. The Labute approximate surface area is 154 Å². The van der Waals surface area contributed by atoms with Crippen molar-refractivity contribution in [3.8, 4) is 0 Å². The first-order chi connectivity index (χ1) is 12.3. The summed E-state index contributed by atoms with van der Waals surface area (Å²) in [6.45, 7) is 7.42. The van der Waals surface area contributed by atoms with E-state index in [0.29, 0.717) is 12.1 Å². The van der Waals surface area contributed by atoms with Crippen molar-refractivity contribution in [3.63, 3.8) is 0 Å². The second-order valence-electron chi connectivity index (χ2n) is 5.42. The van der Waals surface area contributed by atoms with Crippen molar-refractivity contribution in [2.45, 2.75) is 31.2 Å². The quantitative estimate of drug-likeness (QED) is 0.299. The maximum Gasteiger partial charge on any atom is 0.341 e. The molecule has 5 nitrogen and oxygen atoms in total. The van der Waals surface area contributed by atoms with E-state index in [1.165, 1.54) is 18.3 Å². The zero-order valence-electron chi connectivity index (χ0n) is 14.4. The van der Waals surface area contributed by atoms with Gasteiger partial charge in [0.1, 0.15) is 5.03 Å². The highest BCUT2D eigenvalue weighted by Crippen LogP contribution is 2.26. The van der Waals surface area contributed by atoms with Crippen molar-refractivity contribution in [2.24, 2.45) is 0 Å². The molecular formula is C18H18F2N2O3S. The summed E-state index contributed by atoms with van der Waals surface area (Å²) in [6.07, 6.45) is 3.03. The first-order valence-corrected chi connectivity index (χ1v) is 8.60. The van der Waals surface area contributed by atoms with E-state index < -0.39 is 18.3 Å². The summed E-state index contributed by atoms with van der Waals surface area (Å²) >= 11 is 0.154. The van der Waals surface area contributed by atoms with Crippen LogP contribution in [0.15, 0.2) is 42.1 Å². The van der Waals surface area contributed by atoms with Gasteiger partial charge in [-0.05, 0) is 43.8 Å². The Morgan fingerprint density at radius 1 is 1.38 bits per heavy atom. The normalized spacial score (nSPS) is 10.8. The highest BCUT2D eigenvalue weighted by atomic mass is 32.2. The van der Waals surface area contributed by atoms with Crippen LogP contribution >= 0.6 is 11.8 Å². The molecule has 0 radical (unpaired) electrons. The van der Waals surface area contributed by atoms with E-state index in [9.17, 15) is 18.4 Å². The second kappa shape index (κ2) is 8.75. The smallest absolute Gasteiger partial charge is 0.341 e. The summed E-state index contributed by atoms with van der Waals surface area (Å²) in [4.78, 5) is 28.3. The molecule has 0 fully saturated rings. The molecule has 0 bridgehead atoms. The minimum absolute atomic E-state index is 0.0947. The number of pyridine rings is 1. The van der Waals surface area contributed by atoms with E-state index in [2.05, 4.69) is 11.6 Å². The number of ether oxygens (including phenoxy) is 1. The third-order valence-electron chi connectivity index (χ3n) is 3.71. The van der Waals surface area contributed by atoms with Crippen molar-refractivity contribution in [1.29, 1.82) is 0 Å². The van der Waals surface area contributed by atoms with Gasteiger partial charge in [0.05, 0.1) is 5.56 Å². The molecule has 2 heterocycles. The van der Waals surface area contributed by atoms with Crippen LogP contribution in [0.2, 0.25) is 0 Å². The number of carbonyl (C=O) groups is 2. The number of allylic oxidation sites excluding steroid dienone is 1. The van der Waals surface area contributed by atoms with E-state index >= 15 is 0 Å². The summed E-state index contributed by atoms with van der Waals surface area (Å²) in [5, 5.41) is -0.135. The van der Waals surface area contributed by atoms with Crippen LogP contribution in [0.5, 0.6) is 0 Å². The van der Waals surface area contributed by atoms with Gasteiger partial charge >= 0.3 is 5.97 Å². The van der Waals surface area contributed by atoms with E-state index in [-0.39, 0.29) is 28.1 Å². The van der Waals surface area contributed by atoms with Crippen LogP contribution in [0.4, 0.5) is 8.78 Å². The fourth-order valence-corrected chi connectivity index (χ4v) is 3.07. The molecule has 26 heavy (non-hydrogen) atoms. The lowest BCUT2D eigenvalue weighted by molar-refractivity contribution is 0.0470. The maximum absolute atomic E-state index is 12.6. The van der Waals surface area contributed by atoms with E-state index in [4.69, 9.17) is 4.74 Å². The van der Waals surface area contributed by atoms with Crippen LogP contribution in [0.1, 0.15) is 32.1 Å². The average molecular weight is 380 g/mol. The summed E-state index contributed by atoms with van der Waals surface area (Å²) in [5.74, 6) is -3.95. The predicted molar refractivity (Wildman–Crippen MR) is 94.8 cm³/mol. The molecule has 0 aromatic carbocycles. The highest BCUT2D eigenvalue weighted by molar-refractivity contribution is 7.99. The fraction of sp³-hybridized carbons (Fsp3) is 0.278. The molecule has 0 saturated carbocycles. The first kappa shape index (κ1) is 19.8. The second-order valence-corrected chi connectivity index (χ2v) is 6.40. The van der Waals surface area contributed by atoms with Crippen molar-refractivity contribution in [1.82, 2.24) is 9.55 Å². The van der Waals surface area contributed by atoms with Crippen molar-refractivity contribution >= 4 is 23.5 Å². The van der Waals surface area contributed by atoms with Gasteiger partial charge in [0.25, 0.3) is 5.76 Å². The Kier molecular flexibility index (Phi) is 6.68. The van der Waals surface area contributed by atoms with E-state index in [0.717, 1.165) is 11.4 Å². The molecule has 0 aliphatic carbocycles. The Morgan fingerprint density at radius 2 is 2.12 bits per heavy atom. The third kappa shape index (κ3) is 4.57. The number of hydrogen-bond donors (Lipinski definition) is 0. The van der Waals surface area contributed by atoms with Crippen LogP contribution < -0.4 is 0 Å². The molecule has 0 aliphatic heterocycles. The lowest BCUT2D eigenvalue weighted by Crippen LogP contribution is -2.16. The summed E-state index contributed by atoms with van der Waals surface area (Å²) in [5.41, 5.74) is 1.99. The molecule has 8 heteroatoms. The zero-order valence-corrected chi connectivity index (χ0v) is 15.2. The van der Waals surface area contributed by atoms with Gasteiger partial charge in [-0.1, -0.05) is 6.08 Å². The van der Waals surface area contributed by atoms with Gasteiger partial charge in [-0.2, -0.15) is 8.78 Å². The molecular weight excluding hydrogens is 362 g/mol. The Morgan fingerprint density at radius 3 is 2.77 bits per heavy atom. The molecule has 0 saturated heterocycles. The molecule has 0 N–H and O–H groups in total. The summed E-state index contributed by atoms with van der Waals surface area (Å²) in [7, 11) is 0. The van der Waals surface area contributed by atoms with Crippen LogP contribution in [0.3, 0.4) is 0 Å². The number of aromatic nitrogens is 2. The predicted octanol–water partition coefficient (Wildman–Crippen LogP) is 4.04. The molecule has 2 aromatic rings. The molecule has 0 aliphatic rings. The summed E-state index contributed by atoms with van der Waals surface area (Å²) < 4.78 is 32.0. The van der Waals surface area contributed by atoms with Gasteiger partial charge in [-0.15, -0.1) is 6.58 Å².